The van der Waals surface area contributed by atoms with E-state index in [1.54, 1.807) is 22.5 Å². The topological polar surface area (TPSA) is 142 Å². The van der Waals surface area contributed by atoms with Crippen molar-refractivity contribution in [2.24, 2.45) is 5.73 Å². The van der Waals surface area contributed by atoms with Crippen LogP contribution in [-0.2, 0) is 21.2 Å². The molecule has 4 N–H and O–H groups in total. The molecule has 0 bridgehead atoms. The number of carbonyl (C=O) groups excluding carboxylic acids is 2. The van der Waals surface area contributed by atoms with E-state index in [9.17, 15) is 18.0 Å². The second kappa shape index (κ2) is 8.65. The van der Waals surface area contributed by atoms with Crippen LogP contribution in [0.3, 0.4) is 0 Å². The molecule has 2 amide bonds. The lowest BCUT2D eigenvalue weighted by molar-refractivity contribution is -0.135. The Labute approximate surface area is 157 Å². The van der Waals surface area contributed by atoms with Gasteiger partial charge in [-0.3, -0.25) is 19.7 Å². The zero-order valence-electron chi connectivity index (χ0n) is 15.2. The molecule has 0 spiro atoms. The van der Waals surface area contributed by atoms with Crippen LogP contribution >= 0.6 is 0 Å². The maximum absolute atomic E-state index is 12.2. The second-order valence-electron chi connectivity index (χ2n) is 6.28. The number of nitrogens with zero attached hydrogens (tertiary/aromatic N) is 2. The van der Waals surface area contributed by atoms with Gasteiger partial charge in [-0.2, -0.15) is 4.31 Å². The molecule has 1 saturated heterocycles. The number of hydrogen-bond donors (Lipinski definition) is 3. The number of benzene rings is 1. The molecule has 11 heteroatoms. The lowest BCUT2D eigenvalue weighted by Crippen LogP contribution is -2.56. The van der Waals surface area contributed by atoms with Crippen LogP contribution in [0, 0.1) is 0 Å². The summed E-state index contributed by atoms with van der Waals surface area (Å²) in [4.78, 5) is 25.7. The molecule has 2 rings (SSSR count). The normalized spacial score (nSPS) is 17.3. The molecule has 0 saturated carbocycles. The maximum Gasteiger partial charge on any atom is 0.261 e. The molecule has 1 aromatic carbocycles. The Morgan fingerprint density at radius 2 is 1.93 bits per heavy atom. The number of amides is 2. The van der Waals surface area contributed by atoms with Gasteiger partial charge in [-0.05, 0) is 30.2 Å². The Balaban J connectivity index is 2.26. The predicted molar refractivity (Wildman–Crippen MR) is 96.9 cm³/mol. The van der Waals surface area contributed by atoms with E-state index >= 15 is 0 Å². The minimum atomic E-state index is -3.31. The van der Waals surface area contributed by atoms with Gasteiger partial charge in [-0.15, -0.1) is 0 Å². The number of nitrogens with two attached hydrogens (primary N) is 1. The summed E-state index contributed by atoms with van der Waals surface area (Å²) in [5, 5.41) is 9.13. The second-order valence-corrected chi connectivity index (χ2v) is 8.26. The maximum atomic E-state index is 12.2. The van der Waals surface area contributed by atoms with Gasteiger partial charge >= 0.3 is 0 Å². The minimum Gasteiger partial charge on any atom is -0.497 e. The largest absolute Gasteiger partial charge is 0.497 e. The third-order valence-corrected chi connectivity index (χ3v) is 5.89. The Hall–Kier alpha value is -2.21. The highest BCUT2D eigenvalue weighted by Gasteiger charge is 2.32. The zero-order valence-corrected chi connectivity index (χ0v) is 16.0. The molecule has 0 aromatic heterocycles. The molecule has 0 aliphatic carbocycles. The fourth-order valence-corrected chi connectivity index (χ4v) is 3.95. The molecule has 1 aromatic rings. The van der Waals surface area contributed by atoms with Gasteiger partial charge in [-0.25, -0.2) is 13.9 Å². The smallest absolute Gasteiger partial charge is 0.261 e. The van der Waals surface area contributed by atoms with Gasteiger partial charge in [0.1, 0.15) is 5.75 Å². The zero-order chi connectivity index (χ0) is 20.2. The number of ether oxygens (including phenoxy) is 1. The average Bonchev–Trinajstić information content (AvgIpc) is 2.64. The third kappa shape index (κ3) is 5.16. The Morgan fingerprint density at radius 1 is 1.30 bits per heavy atom. The van der Waals surface area contributed by atoms with Gasteiger partial charge in [0.2, 0.25) is 15.9 Å². The van der Waals surface area contributed by atoms with Crippen molar-refractivity contribution in [3.8, 4) is 5.75 Å². The van der Waals surface area contributed by atoms with Gasteiger partial charge in [0, 0.05) is 31.7 Å². The first-order valence-corrected chi connectivity index (χ1v) is 10.1. The molecule has 1 fully saturated rings. The summed E-state index contributed by atoms with van der Waals surface area (Å²) in [7, 11) is -1.83. The van der Waals surface area contributed by atoms with Crippen molar-refractivity contribution in [3.63, 3.8) is 0 Å². The van der Waals surface area contributed by atoms with Crippen LogP contribution in [0.2, 0.25) is 0 Å². The van der Waals surface area contributed by atoms with Crippen molar-refractivity contribution >= 4 is 21.8 Å². The third-order valence-electron chi connectivity index (χ3n) is 4.59. The predicted octanol–water partition coefficient (Wildman–Crippen LogP) is -1.21. The van der Waals surface area contributed by atoms with Crippen LogP contribution in [-0.4, -0.2) is 80.2 Å². The highest BCUT2D eigenvalue weighted by Crippen LogP contribution is 2.21. The van der Waals surface area contributed by atoms with Crippen molar-refractivity contribution < 1.29 is 28.0 Å². The van der Waals surface area contributed by atoms with E-state index in [1.807, 2.05) is 0 Å². The fraction of sp³-hybridized carbons (Fsp3) is 0.500. The van der Waals surface area contributed by atoms with Crippen LogP contribution in [0.5, 0.6) is 5.75 Å². The first-order valence-electron chi connectivity index (χ1n) is 8.27. The van der Waals surface area contributed by atoms with Crippen LogP contribution in [0.4, 0.5) is 0 Å². The van der Waals surface area contributed by atoms with E-state index in [2.05, 4.69) is 0 Å². The quantitative estimate of drug-likeness (QED) is 0.385. The molecule has 0 unspecified atom stereocenters. The Kier molecular flexibility index (Phi) is 6.76. The van der Waals surface area contributed by atoms with E-state index in [-0.39, 0.29) is 25.1 Å². The van der Waals surface area contributed by atoms with Gasteiger partial charge in [0.05, 0.1) is 19.4 Å². The highest BCUT2D eigenvalue weighted by atomic mass is 32.2. The highest BCUT2D eigenvalue weighted by molar-refractivity contribution is 7.88. The summed E-state index contributed by atoms with van der Waals surface area (Å²) in [5.74, 6) is -0.793. The molecule has 150 valence electrons. The lowest BCUT2D eigenvalue weighted by atomic mass is 9.97. The monoisotopic (exact) mass is 400 g/mol. The summed E-state index contributed by atoms with van der Waals surface area (Å²) in [6, 6.07) is 3.92. The lowest BCUT2D eigenvalue weighted by Gasteiger charge is -2.37. The summed E-state index contributed by atoms with van der Waals surface area (Å²) < 4.78 is 29.8. The molecular formula is C16H24N4O6S. The van der Waals surface area contributed by atoms with E-state index in [0.717, 1.165) is 6.26 Å². The minimum absolute atomic E-state index is 0.0980. The molecular weight excluding hydrogens is 376 g/mol. The van der Waals surface area contributed by atoms with Gasteiger partial charge < -0.3 is 10.5 Å². The molecule has 1 heterocycles. The van der Waals surface area contributed by atoms with Crippen LogP contribution in [0.15, 0.2) is 18.2 Å². The number of hydroxylamine groups is 1. The number of piperazine rings is 1. The Bertz CT molecular complexity index is 805. The number of methoxy groups -OCH3 is 1. The van der Waals surface area contributed by atoms with E-state index < -0.39 is 27.9 Å². The van der Waals surface area contributed by atoms with E-state index in [0.29, 0.717) is 24.4 Å². The number of primary amides is 1. The summed E-state index contributed by atoms with van der Waals surface area (Å²) >= 11 is 0. The average molecular weight is 400 g/mol. The summed E-state index contributed by atoms with van der Waals surface area (Å²) in [6.07, 6.45) is 1.23. The molecule has 10 nitrogen and oxygen atoms in total. The summed E-state index contributed by atoms with van der Waals surface area (Å²) in [5.41, 5.74) is 7.81. The first-order chi connectivity index (χ1) is 12.7. The molecule has 1 aliphatic rings. The SMILES string of the molecule is COc1ccc(C(N)=O)c(C[C@@H](C(=O)NO)N2CCN(S(C)(=O)=O)CC2)c1. The first kappa shape index (κ1) is 21.1. The van der Waals surface area contributed by atoms with Gasteiger partial charge in [0.15, 0.2) is 0 Å². The number of hydrogen-bond acceptors (Lipinski definition) is 7. The van der Waals surface area contributed by atoms with Crippen molar-refractivity contribution in [1.82, 2.24) is 14.7 Å². The molecule has 1 atom stereocenters. The van der Waals surface area contributed by atoms with Crippen LogP contribution in [0.25, 0.3) is 0 Å². The van der Waals surface area contributed by atoms with Crippen LogP contribution in [0.1, 0.15) is 15.9 Å². The number of carbonyl (C=O) groups is 2. The van der Waals surface area contributed by atoms with E-state index in [1.165, 1.54) is 17.5 Å². The van der Waals surface area contributed by atoms with E-state index in [4.69, 9.17) is 15.7 Å². The fourth-order valence-electron chi connectivity index (χ4n) is 3.12. The van der Waals surface area contributed by atoms with Crippen molar-refractivity contribution in [2.45, 2.75) is 12.5 Å². The van der Waals surface area contributed by atoms with Gasteiger partial charge in [-0.1, -0.05) is 0 Å². The summed E-state index contributed by atoms with van der Waals surface area (Å²) in [6.45, 7) is 1.08. The number of nitrogens with one attached hydrogen (secondary N) is 1. The van der Waals surface area contributed by atoms with Crippen LogP contribution < -0.4 is 16.0 Å². The van der Waals surface area contributed by atoms with Crippen molar-refractivity contribution in [1.29, 1.82) is 0 Å². The molecule has 27 heavy (non-hydrogen) atoms. The Morgan fingerprint density at radius 3 is 2.41 bits per heavy atom. The standard InChI is InChI=1S/C16H24N4O6S/c1-26-12-3-4-13(15(17)21)11(9-12)10-14(16(22)18-23)19-5-7-20(8-6-19)27(2,24)25/h3-4,9,14,23H,5-8,10H2,1-2H3,(H2,17,21)(H,18,22)/t14-/m0/s1. The van der Waals surface area contributed by atoms with Crippen molar-refractivity contribution in [3.05, 3.63) is 29.3 Å². The number of sulfonamides is 1. The molecule has 1 aliphatic heterocycles. The number of rotatable bonds is 7. The van der Waals surface area contributed by atoms with Crippen molar-refractivity contribution in [2.75, 3.05) is 39.5 Å². The van der Waals surface area contributed by atoms with Gasteiger partial charge in [0.25, 0.3) is 5.91 Å². The molecule has 0 radical (unpaired) electrons.